The van der Waals surface area contributed by atoms with Gasteiger partial charge in [-0.1, -0.05) is 23.7 Å². The van der Waals surface area contributed by atoms with E-state index in [1.807, 2.05) is 6.07 Å². The highest BCUT2D eigenvalue weighted by molar-refractivity contribution is 6.31. The molecule has 0 saturated carbocycles. The average molecular weight is 317 g/mol. The number of carbonyl (C=O) groups excluding carboxylic acids is 1. The van der Waals surface area contributed by atoms with Crippen LogP contribution < -0.4 is 9.47 Å². The number of ketones is 1. The Labute approximate surface area is 132 Å². The van der Waals surface area contributed by atoms with Crippen LogP contribution in [0.1, 0.15) is 15.9 Å². The summed E-state index contributed by atoms with van der Waals surface area (Å²) in [5.74, 6) is 0.935. The van der Waals surface area contributed by atoms with Gasteiger partial charge < -0.3 is 14.6 Å². The Morgan fingerprint density at radius 1 is 1.09 bits per heavy atom. The Bertz CT molecular complexity index is 752. The van der Waals surface area contributed by atoms with E-state index in [4.69, 9.17) is 21.1 Å². The molecule has 0 aliphatic carbocycles. The van der Waals surface area contributed by atoms with Gasteiger partial charge in [0.05, 0.1) is 5.56 Å². The van der Waals surface area contributed by atoms with E-state index in [2.05, 4.69) is 0 Å². The normalized spacial score (nSPS) is 13.3. The lowest BCUT2D eigenvalue weighted by Gasteiger charge is -2.18. The van der Waals surface area contributed by atoms with Crippen molar-refractivity contribution in [2.24, 2.45) is 0 Å². The Kier molecular flexibility index (Phi) is 4.02. The van der Waals surface area contributed by atoms with Crippen molar-refractivity contribution in [3.8, 4) is 17.2 Å². The lowest BCUT2D eigenvalue weighted by molar-refractivity contribution is 0.104. The molecule has 0 unspecified atom stereocenters. The predicted molar refractivity (Wildman–Crippen MR) is 83.9 cm³/mol. The van der Waals surface area contributed by atoms with Crippen LogP contribution in [0.3, 0.4) is 0 Å². The number of fused-ring (bicyclic) bond motifs is 1. The summed E-state index contributed by atoms with van der Waals surface area (Å²) in [6.07, 6.45) is 3.04. The lowest BCUT2D eigenvalue weighted by Crippen LogP contribution is -2.15. The van der Waals surface area contributed by atoms with Gasteiger partial charge in [0.1, 0.15) is 19.0 Å². The van der Waals surface area contributed by atoms with Crippen molar-refractivity contribution < 1.29 is 19.4 Å². The summed E-state index contributed by atoms with van der Waals surface area (Å²) in [7, 11) is 0. The van der Waals surface area contributed by atoms with Gasteiger partial charge in [-0.25, -0.2) is 0 Å². The van der Waals surface area contributed by atoms with Crippen LogP contribution in [-0.4, -0.2) is 24.1 Å². The number of benzene rings is 2. The fourth-order valence-electron chi connectivity index (χ4n) is 2.13. The molecule has 0 saturated heterocycles. The second-order valence-electron chi connectivity index (χ2n) is 4.76. The van der Waals surface area contributed by atoms with Crippen molar-refractivity contribution in [2.75, 3.05) is 13.2 Å². The molecule has 1 aliphatic rings. The Balaban J connectivity index is 1.81. The number of ether oxygens (including phenoxy) is 2. The number of halogens is 1. The van der Waals surface area contributed by atoms with E-state index in [0.29, 0.717) is 29.7 Å². The summed E-state index contributed by atoms with van der Waals surface area (Å²) < 4.78 is 10.9. The molecule has 0 fully saturated rings. The molecule has 0 atom stereocenters. The topological polar surface area (TPSA) is 55.8 Å². The summed E-state index contributed by atoms with van der Waals surface area (Å²) >= 11 is 5.84. The molecule has 0 spiro atoms. The molecule has 22 heavy (non-hydrogen) atoms. The molecule has 0 radical (unpaired) electrons. The number of hydrogen-bond donors (Lipinski definition) is 1. The molecule has 5 heteroatoms. The summed E-state index contributed by atoms with van der Waals surface area (Å²) in [6.45, 7) is 1.05. The second kappa shape index (κ2) is 6.12. The van der Waals surface area contributed by atoms with E-state index in [-0.39, 0.29) is 17.1 Å². The number of carbonyl (C=O) groups is 1. The third-order valence-electron chi connectivity index (χ3n) is 3.22. The first-order valence-electron chi connectivity index (χ1n) is 6.74. The molecule has 1 heterocycles. The smallest absolute Gasteiger partial charge is 0.189 e. The standard InChI is InChI=1S/C17H13ClO4/c18-12-3-5-15(20)13(10-12)14(19)4-1-11-2-6-16-17(9-11)22-8-7-21-16/h1-6,9-10,20H,7-8H2. The molecule has 2 aromatic rings. The maximum Gasteiger partial charge on any atom is 0.189 e. The van der Waals surface area contributed by atoms with Gasteiger partial charge in [-0.05, 0) is 42.0 Å². The fraction of sp³-hybridized carbons (Fsp3) is 0.118. The first kappa shape index (κ1) is 14.5. The molecule has 0 aromatic heterocycles. The third-order valence-corrected chi connectivity index (χ3v) is 3.45. The van der Waals surface area contributed by atoms with Gasteiger partial charge in [-0.3, -0.25) is 4.79 Å². The first-order chi connectivity index (χ1) is 10.6. The Morgan fingerprint density at radius 2 is 1.86 bits per heavy atom. The van der Waals surface area contributed by atoms with Crippen molar-refractivity contribution in [2.45, 2.75) is 0 Å². The number of phenolic OH excluding ortho intramolecular Hbond substituents is 1. The highest BCUT2D eigenvalue weighted by Crippen LogP contribution is 2.31. The SMILES string of the molecule is O=C(C=Cc1ccc2c(c1)OCCO2)c1cc(Cl)ccc1O. The number of allylic oxidation sites excluding steroid dienone is 1. The van der Waals surface area contributed by atoms with Gasteiger partial charge in [0, 0.05) is 5.02 Å². The van der Waals surface area contributed by atoms with E-state index in [9.17, 15) is 9.90 Å². The zero-order valence-electron chi connectivity index (χ0n) is 11.6. The van der Waals surface area contributed by atoms with Crippen LogP contribution >= 0.6 is 11.6 Å². The molecule has 3 rings (SSSR count). The van der Waals surface area contributed by atoms with E-state index < -0.39 is 0 Å². The van der Waals surface area contributed by atoms with Crippen molar-refractivity contribution in [3.05, 3.63) is 58.6 Å². The quantitative estimate of drug-likeness (QED) is 0.692. The maximum atomic E-state index is 12.1. The minimum absolute atomic E-state index is 0.0961. The molecular formula is C17H13ClO4. The van der Waals surface area contributed by atoms with Crippen LogP contribution in [0.2, 0.25) is 5.02 Å². The number of phenols is 1. The van der Waals surface area contributed by atoms with E-state index in [0.717, 1.165) is 5.56 Å². The Morgan fingerprint density at radius 3 is 2.68 bits per heavy atom. The van der Waals surface area contributed by atoms with Gasteiger partial charge in [0.2, 0.25) is 0 Å². The minimum atomic E-state index is -0.324. The molecule has 4 nitrogen and oxygen atoms in total. The van der Waals surface area contributed by atoms with Crippen LogP contribution in [-0.2, 0) is 0 Å². The van der Waals surface area contributed by atoms with Gasteiger partial charge in [-0.2, -0.15) is 0 Å². The van der Waals surface area contributed by atoms with E-state index >= 15 is 0 Å². The summed E-state index contributed by atoms with van der Waals surface area (Å²) in [5, 5.41) is 10.1. The van der Waals surface area contributed by atoms with Crippen LogP contribution in [0.25, 0.3) is 6.08 Å². The van der Waals surface area contributed by atoms with Crippen LogP contribution in [0.15, 0.2) is 42.5 Å². The lowest BCUT2D eigenvalue weighted by atomic mass is 10.1. The number of aromatic hydroxyl groups is 1. The monoisotopic (exact) mass is 316 g/mol. The molecule has 1 N–H and O–H groups in total. The van der Waals surface area contributed by atoms with Crippen molar-refractivity contribution in [1.82, 2.24) is 0 Å². The van der Waals surface area contributed by atoms with E-state index in [1.54, 1.807) is 18.2 Å². The van der Waals surface area contributed by atoms with Gasteiger partial charge in [0.25, 0.3) is 0 Å². The largest absolute Gasteiger partial charge is 0.507 e. The van der Waals surface area contributed by atoms with Crippen molar-refractivity contribution >= 4 is 23.5 Å². The Hall–Kier alpha value is -2.46. The highest BCUT2D eigenvalue weighted by atomic mass is 35.5. The molecule has 112 valence electrons. The molecule has 1 aliphatic heterocycles. The van der Waals surface area contributed by atoms with Crippen LogP contribution in [0.4, 0.5) is 0 Å². The molecule has 0 amide bonds. The van der Waals surface area contributed by atoms with Crippen LogP contribution in [0, 0.1) is 0 Å². The van der Waals surface area contributed by atoms with Gasteiger partial charge in [0.15, 0.2) is 17.3 Å². The average Bonchev–Trinajstić information content (AvgIpc) is 2.54. The first-order valence-corrected chi connectivity index (χ1v) is 7.12. The van der Waals surface area contributed by atoms with Gasteiger partial charge in [-0.15, -0.1) is 0 Å². The summed E-state index contributed by atoms with van der Waals surface area (Å²) in [5.41, 5.74) is 0.973. The highest BCUT2D eigenvalue weighted by Gasteiger charge is 2.12. The third kappa shape index (κ3) is 3.07. The van der Waals surface area contributed by atoms with Crippen LogP contribution in [0.5, 0.6) is 17.2 Å². The zero-order chi connectivity index (χ0) is 15.5. The number of rotatable bonds is 3. The van der Waals surface area contributed by atoms with Crippen molar-refractivity contribution in [3.63, 3.8) is 0 Å². The van der Waals surface area contributed by atoms with Crippen molar-refractivity contribution in [1.29, 1.82) is 0 Å². The maximum absolute atomic E-state index is 12.1. The molecule has 0 bridgehead atoms. The summed E-state index contributed by atoms with van der Waals surface area (Å²) in [4.78, 5) is 12.1. The molecule has 2 aromatic carbocycles. The second-order valence-corrected chi connectivity index (χ2v) is 5.20. The fourth-order valence-corrected chi connectivity index (χ4v) is 2.30. The minimum Gasteiger partial charge on any atom is -0.507 e. The molecular weight excluding hydrogens is 304 g/mol. The predicted octanol–water partition coefficient (Wildman–Crippen LogP) is 3.71. The summed E-state index contributed by atoms with van der Waals surface area (Å²) in [6, 6.07) is 9.79. The number of hydrogen-bond acceptors (Lipinski definition) is 4. The van der Waals surface area contributed by atoms with E-state index in [1.165, 1.54) is 24.3 Å². The van der Waals surface area contributed by atoms with Gasteiger partial charge >= 0.3 is 0 Å². The zero-order valence-corrected chi connectivity index (χ0v) is 12.3.